The van der Waals surface area contributed by atoms with E-state index >= 15 is 0 Å². The highest BCUT2D eigenvalue weighted by molar-refractivity contribution is 5.98. The molecule has 0 radical (unpaired) electrons. The molecule has 126 valence electrons. The van der Waals surface area contributed by atoms with Crippen molar-refractivity contribution in [2.24, 2.45) is 0 Å². The number of rotatable bonds is 4. The van der Waals surface area contributed by atoms with E-state index in [1.54, 1.807) is 12.1 Å². The molecule has 2 aromatic rings. The van der Waals surface area contributed by atoms with Crippen LogP contribution in [-0.4, -0.2) is 29.9 Å². The number of carbonyl (C=O) groups excluding carboxylic acids is 1. The summed E-state index contributed by atoms with van der Waals surface area (Å²) in [6.07, 6.45) is 0.896. The molecular formula is C20H23FN2O. The lowest BCUT2D eigenvalue weighted by Crippen LogP contribution is -2.55. The third kappa shape index (κ3) is 3.20. The maximum Gasteiger partial charge on any atom is 0.244 e. The van der Waals surface area contributed by atoms with Crippen LogP contribution in [-0.2, 0) is 17.8 Å². The van der Waals surface area contributed by atoms with E-state index in [0.717, 1.165) is 18.7 Å². The summed E-state index contributed by atoms with van der Waals surface area (Å²) in [5.74, 6) is -0.130. The zero-order chi connectivity index (χ0) is 17.1. The highest BCUT2D eigenvalue weighted by Crippen LogP contribution is 2.26. The van der Waals surface area contributed by atoms with E-state index in [9.17, 15) is 9.18 Å². The molecule has 1 amide bonds. The van der Waals surface area contributed by atoms with Gasteiger partial charge in [0.25, 0.3) is 0 Å². The summed E-state index contributed by atoms with van der Waals surface area (Å²) < 4.78 is 13.9. The topological polar surface area (TPSA) is 23.6 Å². The Balaban J connectivity index is 1.78. The first-order valence-electron chi connectivity index (χ1n) is 8.48. The second kappa shape index (κ2) is 7.14. The summed E-state index contributed by atoms with van der Waals surface area (Å²) in [5.41, 5.74) is 2.82. The number of anilines is 1. The maximum absolute atomic E-state index is 13.9. The number of halogens is 1. The summed E-state index contributed by atoms with van der Waals surface area (Å²) in [4.78, 5) is 16.8. The summed E-state index contributed by atoms with van der Waals surface area (Å²) in [7, 11) is 0. The first-order valence-corrected chi connectivity index (χ1v) is 8.48. The highest BCUT2D eigenvalue weighted by atomic mass is 19.1. The van der Waals surface area contributed by atoms with Crippen molar-refractivity contribution >= 4 is 11.6 Å². The van der Waals surface area contributed by atoms with Gasteiger partial charge >= 0.3 is 0 Å². The molecule has 0 saturated carbocycles. The minimum atomic E-state index is -0.261. The van der Waals surface area contributed by atoms with Crippen molar-refractivity contribution in [2.45, 2.75) is 32.9 Å². The Morgan fingerprint density at radius 1 is 1.04 bits per heavy atom. The van der Waals surface area contributed by atoms with Gasteiger partial charge in [-0.05, 0) is 31.0 Å². The molecule has 1 aliphatic heterocycles. The van der Waals surface area contributed by atoms with E-state index in [1.165, 1.54) is 11.6 Å². The lowest BCUT2D eigenvalue weighted by molar-refractivity contribution is -0.125. The van der Waals surface area contributed by atoms with Crippen LogP contribution in [0.1, 0.15) is 25.0 Å². The molecule has 1 aliphatic rings. The van der Waals surface area contributed by atoms with Crippen LogP contribution in [0.15, 0.2) is 48.5 Å². The van der Waals surface area contributed by atoms with E-state index in [4.69, 9.17) is 0 Å². The van der Waals surface area contributed by atoms with Gasteiger partial charge in [-0.25, -0.2) is 4.39 Å². The molecule has 0 bridgehead atoms. The van der Waals surface area contributed by atoms with E-state index in [-0.39, 0.29) is 17.8 Å². The molecule has 2 aromatic carbocycles. The maximum atomic E-state index is 13.9. The number of para-hydroxylation sites is 1. The van der Waals surface area contributed by atoms with Crippen molar-refractivity contribution < 1.29 is 9.18 Å². The number of carbonyl (C=O) groups is 1. The molecule has 3 rings (SSSR count). The Morgan fingerprint density at radius 2 is 1.71 bits per heavy atom. The van der Waals surface area contributed by atoms with Gasteiger partial charge in [0.05, 0.1) is 6.04 Å². The minimum absolute atomic E-state index is 0.0819. The predicted octanol–water partition coefficient (Wildman–Crippen LogP) is 3.63. The van der Waals surface area contributed by atoms with Gasteiger partial charge in [-0.1, -0.05) is 43.3 Å². The second-order valence-corrected chi connectivity index (χ2v) is 6.21. The summed E-state index contributed by atoms with van der Waals surface area (Å²) in [6.45, 7) is 5.84. The van der Waals surface area contributed by atoms with Crippen molar-refractivity contribution in [3.05, 3.63) is 65.5 Å². The molecule has 1 saturated heterocycles. The van der Waals surface area contributed by atoms with E-state index in [2.05, 4.69) is 13.0 Å². The van der Waals surface area contributed by atoms with Gasteiger partial charge in [0.15, 0.2) is 0 Å². The average Bonchev–Trinajstić information content (AvgIpc) is 2.61. The smallest absolute Gasteiger partial charge is 0.244 e. The molecule has 1 fully saturated rings. The SMILES string of the molecule is CCc1ccccc1N1CCN(Cc2ccccc2F)[C@@H](C)C1=O. The Kier molecular flexibility index (Phi) is 4.95. The number of amides is 1. The number of piperazine rings is 1. The van der Waals surface area contributed by atoms with Gasteiger partial charge in [-0.2, -0.15) is 0 Å². The molecule has 0 aliphatic carbocycles. The zero-order valence-electron chi connectivity index (χ0n) is 14.2. The third-order valence-corrected chi connectivity index (χ3v) is 4.78. The van der Waals surface area contributed by atoms with Gasteiger partial charge in [0.1, 0.15) is 5.82 Å². The zero-order valence-corrected chi connectivity index (χ0v) is 14.2. The molecule has 0 unspecified atom stereocenters. The quantitative estimate of drug-likeness (QED) is 0.857. The van der Waals surface area contributed by atoms with Gasteiger partial charge in [-0.3, -0.25) is 9.69 Å². The molecule has 1 atom stereocenters. The van der Waals surface area contributed by atoms with E-state index in [0.29, 0.717) is 18.7 Å². The van der Waals surface area contributed by atoms with Crippen LogP contribution in [0.2, 0.25) is 0 Å². The van der Waals surface area contributed by atoms with Crippen LogP contribution in [0, 0.1) is 5.82 Å². The van der Waals surface area contributed by atoms with Crippen molar-refractivity contribution in [1.29, 1.82) is 0 Å². The van der Waals surface area contributed by atoms with E-state index < -0.39 is 0 Å². The summed E-state index contributed by atoms with van der Waals surface area (Å²) >= 11 is 0. The molecule has 4 heteroatoms. The first-order chi connectivity index (χ1) is 11.6. The number of hydrogen-bond acceptors (Lipinski definition) is 2. The Hall–Kier alpha value is -2.20. The number of hydrogen-bond donors (Lipinski definition) is 0. The largest absolute Gasteiger partial charge is 0.310 e. The summed E-state index contributed by atoms with van der Waals surface area (Å²) in [6, 6.07) is 14.6. The number of benzene rings is 2. The molecule has 0 spiro atoms. The van der Waals surface area contributed by atoms with Crippen LogP contribution < -0.4 is 4.90 Å². The minimum Gasteiger partial charge on any atom is -0.310 e. The van der Waals surface area contributed by atoms with Crippen molar-refractivity contribution in [2.75, 3.05) is 18.0 Å². The first kappa shape index (κ1) is 16.7. The molecule has 1 heterocycles. The monoisotopic (exact) mass is 326 g/mol. The lowest BCUT2D eigenvalue weighted by atomic mass is 10.1. The molecule has 0 N–H and O–H groups in total. The van der Waals surface area contributed by atoms with Gasteiger partial charge < -0.3 is 4.90 Å². The molecule has 24 heavy (non-hydrogen) atoms. The standard InChI is InChI=1S/C20H23FN2O/c1-3-16-8-5-7-11-19(16)23-13-12-22(15(2)20(23)24)14-17-9-4-6-10-18(17)21/h4-11,15H,3,12-14H2,1-2H3/t15-/m0/s1. The van der Waals surface area contributed by atoms with Crippen LogP contribution in [0.5, 0.6) is 0 Å². The molecular weight excluding hydrogens is 303 g/mol. The van der Waals surface area contributed by atoms with Crippen molar-refractivity contribution in [3.8, 4) is 0 Å². The predicted molar refractivity (Wildman–Crippen MR) is 94.4 cm³/mol. The fourth-order valence-corrected chi connectivity index (χ4v) is 3.29. The van der Waals surface area contributed by atoms with Crippen LogP contribution in [0.25, 0.3) is 0 Å². The van der Waals surface area contributed by atoms with Gasteiger partial charge in [-0.15, -0.1) is 0 Å². The van der Waals surface area contributed by atoms with Crippen LogP contribution >= 0.6 is 0 Å². The van der Waals surface area contributed by atoms with Gasteiger partial charge in [0, 0.05) is 30.9 Å². The Bertz CT molecular complexity index is 731. The fourth-order valence-electron chi connectivity index (χ4n) is 3.29. The third-order valence-electron chi connectivity index (χ3n) is 4.78. The Labute approximate surface area is 142 Å². The normalized spacial score (nSPS) is 18.9. The Morgan fingerprint density at radius 3 is 2.42 bits per heavy atom. The van der Waals surface area contributed by atoms with E-state index in [1.807, 2.05) is 41.0 Å². The lowest BCUT2D eigenvalue weighted by Gasteiger charge is -2.39. The second-order valence-electron chi connectivity index (χ2n) is 6.21. The number of aryl methyl sites for hydroxylation is 1. The molecule has 3 nitrogen and oxygen atoms in total. The van der Waals surface area contributed by atoms with Crippen molar-refractivity contribution in [3.63, 3.8) is 0 Å². The average molecular weight is 326 g/mol. The van der Waals surface area contributed by atoms with Crippen LogP contribution in [0.3, 0.4) is 0 Å². The molecule has 0 aromatic heterocycles. The number of nitrogens with zero attached hydrogens (tertiary/aromatic N) is 2. The van der Waals surface area contributed by atoms with Gasteiger partial charge in [0.2, 0.25) is 5.91 Å². The highest BCUT2D eigenvalue weighted by Gasteiger charge is 2.33. The van der Waals surface area contributed by atoms with Crippen LogP contribution in [0.4, 0.5) is 10.1 Å². The summed E-state index contributed by atoms with van der Waals surface area (Å²) in [5, 5.41) is 0. The fraction of sp³-hybridized carbons (Fsp3) is 0.350. The van der Waals surface area contributed by atoms with Crippen molar-refractivity contribution in [1.82, 2.24) is 4.90 Å².